The number of fused-ring (bicyclic) bond motifs is 1. The summed E-state index contributed by atoms with van der Waals surface area (Å²) < 4.78 is 0. The predicted octanol–water partition coefficient (Wildman–Crippen LogP) is 0.725. The molecule has 1 heterocycles. The Morgan fingerprint density at radius 1 is 1.47 bits per heavy atom. The zero-order valence-corrected chi connectivity index (χ0v) is 9.99. The minimum atomic E-state index is 0.285. The fraction of sp³-hybridized carbons (Fsp3) is 0.417. The van der Waals surface area contributed by atoms with Crippen LogP contribution >= 0.6 is 0 Å². The van der Waals surface area contributed by atoms with Crippen LogP contribution in [0, 0.1) is 12.3 Å². The smallest absolute Gasteiger partial charge is 0.216 e. The van der Waals surface area contributed by atoms with E-state index < -0.39 is 0 Å². The second-order valence-electron chi connectivity index (χ2n) is 4.22. The van der Waals surface area contributed by atoms with Crippen molar-refractivity contribution in [2.45, 2.75) is 20.0 Å². The van der Waals surface area contributed by atoms with Gasteiger partial charge in [0.15, 0.2) is 0 Å². The van der Waals surface area contributed by atoms with Crippen molar-refractivity contribution in [3.63, 3.8) is 0 Å². The third-order valence-corrected chi connectivity index (χ3v) is 2.79. The molecule has 5 nitrogen and oxygen atoms in total. The summed E-state index contributed by atoms with van der Waals surface area (Å²) in [4.78, 5) is 6.97. The van der Waals surface area contributed by atoms with Crippen molar-refractivity contribution < 1.29 is 4.84 Å². The van der Waals surface area contributed by atoms with Crippen LogP contribution in [-0.2, 0) is 17.9 Å². The maximum Gasteiger partial charge on any atom is 0.216 e. The summed E-state index contributed by atoms with van der Waals surface area (Å²) in [6, 6.07) is 6.40. The van der Waals surface area contributed by atoms with Gasteiger partial charge >= 0.3 is 0 Å². The Kier molecular flexibility index (Phi) is 3.61. The Bertz CT molecular complexity index is 419. The van der Waals surface area contributed by atoms with Crippen LogP contribution in [-0.4, -0.2) is 24.0 Å². The maximum absolute atomic E-state index is 7.84. The lowest BCUT2D eigenvalue weighted by Gasteiger charge is -2.18. The Hall–Kier alpha value is -1.59. The normalized spacial score (nSPS) is 13.6. The molecule has 2 rings (SSSR count). The molecule has 0 saturated carbocycles. The van der Waals surface area contributed by atoms with Crippen molar-refractivity contribution in [2.24, 2.45) is 5.73 Å². The first-order valence-corrected chi connectivity index (χ1v) is 5.70. The third kappa shape index (κ3) is 2.75. The van der Waals surface area contributed by atoms with Crippen LogP contribution in [0.1, 0.15) is 16.7 Å². The summed E-state index contributed by atoms with van der Waals surface area (Å²) in [7, 11) is 0. The lowest BCUT2D eigenvalue weighted by Crippen LogP contribution is -2.38. The van der Waals surface area contributed by atoms with Gasteiger partial charge in [-0.2, -0.15) is 0 Å². The van der Waals surface area contributed by atoms with Crippen molar-refractivity contribution in [3.8, 4) is 0 Å². The highest BCUT2D eigenvalue weighted by Crippen LogP contribution is 2.23. The standard InChI is InChI=1S/C12H18N4O/c1-9-2-3-10-7-16(8-11(10)6-9)12(14)15-17-5-4-13/h2-3,6H,4-5,7-8,13H2,1H3,(H2,14,15). The van der Waals surface area contributed by atoms with Gasteiger partial charge < -0.3 is 10.6 Å². The molecule has 0 spiro atoms. The fourth-order valence-corrected chi connectivity index (χ4v) is 1.92. The third-order valence-electron chi connectivity index (χ3n) is 2.79. The van der Waals surface area contributed by atoms with Crippen LogP contribution in [0.25, 0.3) is 0 Å². The Morgan fingerprint density at radius 3 is 3.00 bits per heavy atom. The average molecular weight is 234 g/mol. The molecule has 0 unspecified atom stereocenters. The van der Waals surface area contributed by atoms with Crippen molar-refractivity contribution in [1.82, 2.24) is 10.4 Å². The first-order chi connectivity index (χ1) is 8.20. The first-order valence-electron chi connectivity index (χ1n) is 5.70. The molecule has 1 aliphatic heterocycles. The fourth-order valence-electron chi connectivity index (χ4n) is 1.92. The summed E-state index contributed by atoms with van der Waals surface area (Å²) in [5.74, 6) is 0.285. The van der Waals surface area contributed by atoms with Crippen molar-refractivity contribution in [2.75, 3.05) is 13.2 Å². The largest absolute Gasteiger partial charge is 0.333 e. The number of guanidine groups is 1. The highest BCUT2D eigenvalue weighted by atomic mass is 16.6. The van der Waals surface area contributed by atoms with E-state index in [1.807, 2.05) is 4.90 Å². The summed E-state index contributed by atoms with van der Waals surface area (Å²) >= 11 is 0. The first kappa shape index (κ1) is 11.9. The van der Waals surface area contributed by atoms with E-state index in [1.165, 1.54) is 16.7 Å². The molecule has 17 heavy (non-hydrogen) atoms. The number of benzene rings is 1. The highest BCUT2D eigenvalue weighted by Gasteiger charge is 2.20. The van der Waals surface area contributed by atoms with Gasteiger partial charge in [0.2, 0.25) is 5.96 Å². The van der Waals surface area contributed by atoms with Crippen LogP contribution in [0.3, 0.4) is 0 Å². The topological polar surface area (TPSA) is 74.4 Å². The van der Waals surface area contributed by atoms with E-state index in [9.17, 15) is 0 Å². The lowest BCUT2D eigenvalue weighted by molar-refractivity contribution is 0.0804. The van der Waals surface area contributed by atoms with E-state index in [0.29, 0.717) is 13.2 Å². The van der Waals surface area contributed by atoms with Crippen LogP contribution in [0.15, 0.2) is 18.2 Å². The summed E-state index contributed by atoms with van der Waals surface area (Å²) in [5, 5.41) is 7.84. The Labute approximate surface area is 101 Å². The minimum absolute atomic E-state index is 0.285. The minimum Gasteiger partial charge on any atom is -0.333 e. The maximum atomic E-state index is 7.84. The van der Waals surface area contributed by atoms with E-state index in [-0.39, 0.29) is 5.96 Å². The van der Waals surface area contributed by atoms with Gasteiger partial charge in [0.05, 0.1) is 6.61 Å². The van der Waals surface area contributed by atoms with E-state index in [1.54, 1.807) is 0 Å². The van der Waals surface area contributed by atoms with Gasteiger partial charge in [0.1, 0.15) is 0 Å². The highest BCUT2D eigenvalue weighted by molar-refractivity contribution is 5.76. The molecule has 0 aromatic heterocycles. The van der Waals surface area contributed by atoms with Gasteiger partial charge in [-0.05, 0) is 18.1 Å². The number of aryl methyl sites for hydroxylation is 1. The van der Waals surface area contributed by atoms with Crippen molar-refractivity contribution in [1.29, 1.82) is 5.41 Å². The molecule has 92 valence electrons. The molecule has 0 saturated heterocycles. The van der Waals surface area contributed by atoms with E-state index in [0.717, 1.165) is 13.1 Å². The molecule has 1 aliphatic rings. The van der Waals surface area contributed by atoms with Crippen LogP contribution in [0.2, 0.25) is 0 Å². The zero-order valence-electron chi connectivity index (χ0n) is 9.99. The molecule has 1 aromatic rings. The molecular formula is C12H18N4O. The number of hydroxylamine groups is 1. The number of nitrogens with one attached hydrogen (secondary N) is 2. The van der Waals surface area contributed by atoms with E-state index in [4.69, 9.17) is 16.0 Å². The van der Waals surface area contributed by atoms with E-state index >= 15 is 0 Å². The molecule has 1 aromatic carbocycles. The molecule has 0 radical (unpaired) electrons. The predicted molar refractivity (Wildman–Crippen MR) is 66.3 cm³/mol. The lowest BCUT2D eigenvalue weighted by atomic mass is 10.1. The SMILES string of the molecule is Cc1ccc2c(c1)CN(C(=N)NOCCN)C2. The van der Waals surface area contributed by atoms with Gasteiger partial charge in [0, 0.05) is 19.6 Å². The van der Waals surface area contributed by atoms with Gasteiger partial charge in [-0.3, -0.25) is 10.2 Å². The van der Waals surface area contributed by atoms with Crippen LogP contribution in [0.5, 0.6) is 0 Å². The molecule has 0 fully saturated rings. The van der Waals surface area contributed by atoms with Gasteiger partial charge in [-0.25, -0.2) is 5.48 Å². The Morgan fingerprint density at radius 2 is 2.24 bits per heavy atom. The Balaban J connectivity index is 1.93. The molecule has 4 N–H and O–H groups in total. The van der Waals surface area contributed by atoms with Crippen molar-refractivity contribution in [3.05, 3.63) is 34.9 Å². The van der Waals surface area contributed by atoms with E-state index in [2.05, 4.69) is 30.6 Å². The average Bonchev–Trinajstić information content (AvgIpc) is 2.72. The molecule has 0 aliphatic carbocycles. The number of nitrogens with zero attached hydrogens (tertiary/aromatic N) is 1. The molecular weight excluding hydrogens is 216 g/mol. The van der Waals surface area contributed by atoms with Gasteiger partial charge in [-0.15, -0.1) is 0 Å². The van der Waals surface area contributed by atoms with Crippen molar-refractivity contribution >= 4 is 5.96 Å². The zero-order chi connectivity index (χ0) is 12.3. The monoisotopic (exact) mass is 234 g/mol. The summed E-state index contributed by atoms with van der Waals surface area (Å²) in [6.07, 6.45) is 0. The number of hydrogen-bond donors (Lipinski definition) is 3. The molecule has 0 bridgehead atoms. The number of rotatable bonds is 3. The number of nitrogens with two attached hydrogens (primary N) is 1. The summed E-state index contributed by atoms with van der Waals surface area (Å²) in [6.45, 7) is 4.45. The van der Waals surface area contributed by atoms with Gasteiger partial charge in [0.25, 0.3) is 0 Å². The van der Waals surface area contributed by atoms with Gasteiger partial charge in [-0.1, -0.05) is 23.8 Å². The second-order valence-corrected chi connectivity index (χ2v) is 4.22. The van der Waals surface area contributed by atoms with Crippen LogP contribution in [0.4, 0.5) is 0 Å². The number of hydrogen-bond acceptors (Lipinski definition) is 3. The molecule has 0 amide bonds. The van der Waals surface area contributed by atoms with Crippen LogP contribution < -0.4 is 11.2 Å². The second kappa shape index (κ2) is 5.16. The molecule has 5 heteroatoms. The quantitative estimate of drug-likeness (QED) is 0.312. The molecule has 0 atom stereocenters. The summed E-state index contributed by atoms with van der Waals surface area (Å²) in [5.41, 5.74) is 11.7.